The zero-order valence-corrected chi connectivity index (χ0v) is 13.1. The van der Waals surface area contributed by atoms with Crippen molar-refractivity contribution in [2.75, 3.05) is 13.7 Å². The molecule has 122 valence electrons. The number of nitro benzene ring substituents is 1. The van der Waals surface area contributed by atoms with Crippen molar-refractivity contribution >= 4 is 24.0 Å². The number of nitrogens with zero attached hydrogens (tertiary/aromatic N) is 2. The van der Waals surface area contributed by atoms with Crippen LogP contribution in [0.1, 0.15) is 18.4 Å². The molecule has 1 unspecified atom stereocenters. The molecule has 7 nitrogen and oxygen atoms in total. The normalized spacial score (nSPS) is 14.8. The third-order valence-corrected chi connectivity index (χ3v) is 3.46. The van der Waals surface area contributed by atoms with Gasteiger partial charge in [-0.25, -0.2) is 0 Å². The Morgan fingerprint density at radius 2 is 2.14 bits per heavy atom. The van der Waals surface area contributed by atoms with E-state index in [1.807, 2.05) is 0 Å². The van der Waals surface area contributed by atoms with Crippen LogP contribution in [0, 0.1) is 10.1 Å². The van der Waals surface area contributed by atoms with E-state index in [0.29, 0.717) is 5.56 Å². The molecule has 0 saturated heterocycles. The number of benzene rings is 1. The SMILES string of the molecule is COCC(N)C(=O)N(Cc1ccccc1[N+](=O)[O-])C1CC1.Cl. The Bertz CT molecular complexity index is 537. The summed E-state index contributed by atoms with van der Waals surface area (Å²) in [7, 11) is 1.48. The van der Waals surface area contributed by atoms with E-state index in [2.05, 4.69) is 0 Å². The number of ether oxygens (including phenoxy) is 1. The summed E-state index contributed by atoms with van der Waals surface area (Å²) in [5.41, 5.74) is 6.34. The van der Waals surface area contributed by atoms with Gasteiger partial charge in [0.2, 0.25) is 5.91 Å². The minimum Gasteiger partial charge on any atom is -0.383 e. The van der Waals surface area contributed by atoms with Crippen LogP contribution in [0.2, 0.25) is 0 Å². The first-order valence-electron chi connectivity index (χ1n) is 6.82. The Hall–Kier alpha value is -1.70. The van der Waals surface area contributed by atoms with Crippen molar-refractivity contribution in [3.8, 4) is 0 Å². The van der Waals surface area contributed by atoms with Gasteiger partial charge in [0.05, 0.1) is 18.1 Å². The minimum atomic E-state index is -0.738. The number of rotatable bonds is 7. The maximum Gasteiger partial charge on any atom is 0.274 e. The van der Waals surface area contributed by atoms with Gasteiger partial charge in [-0.15, -0.1) is 12.4 Å². The average Bonchev–Trinajstić information content (AvgIpc) is 3.29. The lowest BCUT2D eigenvalue weighted by atomic mass is 10.1. The van der Waals surface area contributed by atoms with Gasteiger partial charge < -0.3 is 15.4 Å². The van der Waals surface area contributed by atoms with E-state index < -0.39 is 11.0 Å². The van der Waals surface area contributed by atoms with Crippen LogP contribution in [0.5, 0.6) is 0 Å². The third kappa shape index (κ3) is 4.40. The third-order valence-electron chi connectivity index (χ3n) is 3.46. The van der Waals surface area contributed by atoms with Gasteiger partial charge in [0.25, 0.3) is 5.69 Å². The molecule has 1 aromatic carbocycles. The fraction of sp³-hybridized carbons (Fsp3) is 0.500. The van der Waals surface area contributed by atoms with Gasteiger partial charge in [-0.2, -0.15) is 0 Å². The van der Waals surface area contributed by atoms with Crippen molar-refractivity contribution < 1.29 is 14.5 Å². The molecule has 8 heteroatoms. The van der Waals surface area contributed by atoms with E-state index in [1.54, 1.807) is 23.1 Å². The number of hydrogen-bond donors (Lipinski definition) is 1. The summed E-state index contributed by atoms with van der Waals surface area (Å²) in [6.45, 7) is 0.344. The molecule has 0 aliphatic heterocycles. The van der Waals surface area contributed by atoms with Gasteiger partial charge in [-0.1, -0.05) is 18.2 Å². The van der Waals surface area contributed by atoms with E-state index in [9.17, 15) is 14.9 Å². The van der Waals surface area contributed by atoms with Crippen LogP contribution in [0.3, 0.4) is 0 Å². The zero-order chi connectivity index (χ0) is 15.4. The van der Waals surface area contributed by atoms with Gasteiger partial charge in [-0.3, -0.25) is 14.9 Å². The number of para-hydroxylation sites is 1. The topological polar surface area (TPSA) is 98.7 Å². The van der Waals surface area contributed by atoms with Gasteiger partial charge >= 0.3 is 0 Å². The van der Waals surface area contributed by atoms with Gasteiger partial charge in [0, 0.05) is 24.8 Å². The Kier molecular flexibility index (Phi) is 6.73. The largest absolute Gasteiger partial charge is 0.383 e. The lowest BCUT2D eigenvalue weighted by Gasteiger charge is -2.25. The lowest BCUT2D eigenvalue weighted by molar-refractivity contribution is -0.385. The maximum absolute atomic E-state index is 12.4. The fourth-order valence-corrected chi connectivity index (χ4v) is 2.24. The van der Waals surface area contributed by atoms with Gasteiger partial charge in [0.15, 0.2) is 0 Å². The summed E-state index contributed by atoms with van der Waals surface area (Å²) in [5.74, 6) is -0.225. The van der Waals surface area contributed by atoms with Crippen LogP contribution < -0.4 is 5.73 Å². The number of nitrogens with two attached hydrogens (primary N) is 1. The summed E-state index contributed by atoms with van der Waals surface area (Å²) in [5, 5.41) is 11.1. The molecule has 1 aliphatic carbocycles. The first-order valence-corrected chi connectivity index (χ1v) is 6.82. The van der Waals surface area contributed by atoms with Crippen molar-refractivity contribution in [2.24, 2.45) is 5.73 Å². The molecule has 1 atom stereocenters. The van der Waals surface area contributed by atoms with Gasteiger partial charge in [0.1, 0.15) is 6.04 Å². The van der Waals surface area contributed by atoms with Crippen molar-refractivity contribution in [1.29, 1.82) is 0 Å². The first-order chi connectivity index (χ1) is 10.0. The zero-order valence-electron chi connectivity index (χ0n) is 12.3. The van der Waals surface area contributed by atoms with Crippen molar-refractivity contribution in [2.45, 2.75) is 31.5 Å². The lowest BCUT2D eigenvalue weighted by Crippen LogP contribution is -2.46. The average molecular weight is 330 g/mol. The van der Waals surface area contributed by atoms with Crippen molar-refractivity contribution in [3.05, 3.63) is 39.9 Å². The molecule has 22 heavy (non-hydrogen) atoms. The Morgan fingerprint density at radius 3 is 2.68 bits per heavy atom. The van der Waals surface area contributed by atoms with Crippen LogP contribution in [0.4, 0.5) is 5.69 Å². The molecular formula is C14H20ClN3O4. The molecule has 1 fully saturated rings. The van der Waals surface area contributed by atoms with Crippen molar-refractivity contribution in [1.82, 2.24) is 4.90 Å². The van der Waals surface area contributed by atoms with E-state index in [1.165, 1.54) is 13.2 Å². The highest BCUT2D eigenvalue weighted by atomic mass is 35.5. The molecule has 2 N–H and O–H groups in total. The highest BCUT2D eigenvalue weighted by Crippen LogP contribution is 2.30. The quantitative estimate of drug-likeness (QED) is 0.603. The molecule has 0 aromatic heterocycles. The Morgan fingerprint density at radius 1 is 1.50 bits per heavy atom. The molecule has 1 aromatic rings. The highest BCUT2D eigenvalue weighted by Gasteiger charge is 2.35. The number of carbonyl (C=O) groups excluding carboxylic acids is 1. The summed E-state index contributed by atoms with van der Waals surface area (Å²) < 4.78 is 4.91. The first kappa shape index (κ1) is 18.3. The molecule has 0 spiro atoms. The van der Waals surface area contributed by atoms with Crippen LogP contribution in [-0.4, -0.2) is 41.5 Å². The van der Waals surface area contributed by atoms with E-state index >= 15 is 0 Å². The predicted molar refractivity (Wildman–Crippen MR) is 83.8 cm³/mol. The molecule has 1 saturated carbocycles. The number of amides is 1. The number of carbonyl (C=O) groups is 1. The van der Waals surface area contributed by atoms with Crippen LogP contribution in [0.25, 0.3) is 0 Å². The van der Waals surface area contributed by atoms with Crippen molar-refractivity contribution in [3.63, 3.8) is 0 Å². The number of hydrogen-bond acceptors (Lipinski definition) is 5. The molecule has 2 rings (SSSR count). The number of halogens is 1. The summed E-state index contributed by atoms with van der Waals surface area (Å²) in [6, 6.07) is 5.84. The molecule has 0 heterocycles. The monoisotopic (exact) mass is 329 g/mol. The van der Waals surface area contributed by atoms with E-state index in [4.69, 9.17) is 10.5 Å². The summed E-state index contributed by atoms with van der Waals surface area (Å²) >= 11 is 0. The van der Waals surface area contributed by atoms with Crippen LogP contribution >= 0.6 is 12.4 Å². The molecule has 1 amide bonds. The Balaban J connectivity index is 0.00000242. The second-order valence-electron chi connectivity index (χ2n) is 5.14. The highest BCUT2D eigenvalue weighted by molar-refractivity contribution is 5.85. The molecular weight excluding hydrogens is 310 g/mol. The minimum absolute atomic E-state index is 0. The van der Waals surface area contributed by atoms with E-state index in [0.717, 1.165) is 12.8 Å². The smallest absolute Gasteiger partial charge is 0.274 e. The fourth-order valence-electron chi connectivity index (χ4n) is 2.24. The standard InChI is InChI=1S/C14H19N3O4.ClH/c1-21-9-12(15)14(18)16(11-6-7-11)8-10-4-2-3-5-13(10)17(19)20;/h2-5,11-12H,6-9,15H2,1H3;1H. The summed E-state index contributed by atoms with van der Waals surface area (Å²) in [6.07, 6.45) is 1.82. The molecule has 0 radical (unpaired) electrons. The second-order valence-corrected chi connectivity index (χ2v) is 5.14. The molecule has 0 bridgehead atoms. The van der Waals surface area contributed by atoms with Crippen LogP contribution in [0.15, 0.2) is 24.3 Å². The Labute approximate surface area is 135 Å². The number of nitro groups is 1. The summed E-state index contributed by atoms with van der Waals surface area (Å²) in [4.78, 5) is 24.6. The van der Waals surface area contributed by atoms with E-state index in [-0.39, 0.29) is 43.2 Å². The number of methoxy groups -OCH3 is 1. The van der Waals surface area contributed by atoms with Crippen LogP contribution in [-0.2, 0) is 16.1 Å². The maximum atomic E-state index is 12.4. The van der Waals surface area contributed by atoms with Gasteiger partial charge in [-0.05, 0) is 12.8 Å². The molecule has 1 aliphatic rings. The predicted octanol–water partition coefficient (Wildman–Crippen LogP) is 1.48. The second kappa shape index (κ2) is 8.07.